The van der Waals surface area contributed by atoms with Gasteiger partial charge in [-0.3, -0.25) is 14.4 Å². The molecule has 3 rings (SSSR count). The quantitative estimate of drug-likeness (QED) is 0.411. The van der Waals surface area contributed by atoms with Gasteiger partial charge in [-0.25, -0.2) is 0 Å². The first-order chi connectivity index (χ1) is 16.7. The number of carbonyl (C=O) groups excluding carboxylic acids is 3. The van der Waals surface area contributed by atoms with Crippen molar-refractivity contribution in [1.82, 2.24) is 10.6 Å². The molecule has 194 valence electrons. The molecule has 3 N–H and O–H groups in total. The van der Waals surface area contributed by atoms with E-state index in [0.29, 0.717) is 18.8 Å². The molecule has 0 saturated heterocycles. The van der Waals surface area contributed by atoms with Gasteiger partial charge in [0.1, 0.15) is 11.8 Å². The standard InChI is InChI=1S/C29H44N2O4/c1-18(2)17-22(30-23(32)16-15-20-11-7-5-8-12-20)29(35)31-26(19(3)4)28(34)25-24(27(25)33)21-13-9-6-10-14-21/h6,9-10,13-14,18-20,22,24-26,28,34H,5,7-8,11-12,15-17H2,1-4H3,(H,30,32)(H,31,35)/t22-,24?,25?,26-,28-/m0/s1. The van der Waals surface area contributed by atoms with Crippen molar-refractivity contribution in [2.75, 3.05) is 0 Å². The van der Waals surface area contributed by atoms with E-state index in [1.807, 2.05) is 58.0 Å². The zero-order valence-electron chi connectivity index (χ0n) is 21.8. The molecule has 0 radical (unpaired) electrons. The van der Waals surface area contributed by atoms with E-state index >= 15 is 0 Å². The fourth-order valence-corrected chi connectivity index (χ4v) is 5.57. The fraction of sp³-hybridized carbons (Fsp3) is 0.690. The number of hydrogen-bond acceptors (Lipinski definition) is 4. The Labute approximate surface area is 210 Å². The molecule has 0 aromatic heterocycles. The van der Waals surface area contributed by atoms with E-state index in [0.717, 1.165) is 12.0 Å². The van der Waals surface area contributed by atoms with Crippen molar-refractivity contribution in [2.45, 2.75) is 103 Å². The first-order valence-corrected chi connectivity index (χ1v) is 13.6. The number of nitrogens with one attached hydrogen (secondary N) is 2. The van der Waals surface area contributed by atoms with Crippen LogP contribution in [0.2, 0.25) is 0 Å². The SMILES string of the molecule is CC(C)C[C@H](NC(=O)CCC1CCCCC1)C(=O)N[C@@H](C(C)C)[C@@H](O)C1C(=O)C1c1ccccc1. The van der Waals surface area contributed by atoms with Crippen LogP contribution in [0.4, 0.5) is 0 Å². The first kappa shape index (κ1) is 27.4. The van der Waals surface area contributed by atoms with Crippen LogP contribution in [0.3, 0.4) is 0 Å². The predicted octanol–water partition coefficient (Wildman–Crippen LogP) is 4.36. The van der Waals surface area contributed by atoms with Gasteiger partial charge < -0.3 is 15.7 Å². The van der Waals surface area contributed by atoms with E-state index in [4.69, 9.17) is 0 Å². The van der Waals surface area contributed by atoms with Crippen LogP contribution in [0.1, 0.15) is 90.5 Å². The van der Waals surface area contributed by atoms with Gasteiger partial charge in [0, 0.05) is 6.42 Å². The molecule has 1 aromatic rings. The van der Waals surface area contributed by atoms with Crippen molar-refractivity contribution in [3.63, 3.8) is 0 Å². The van der Waals surface area contributed by atoms with Gasteiger partial charge in [0.2, 0.25) is 11.8 Å². The maximum Gasteiger partial charge on any atom is 0.242 e. The number of ketones is 1. The highest BCUT2D eigenvalue weighted by Crippen LogP contribution is 2.46. The van der Waals surface area contributed by atoms with Crippen molar-refractivity contribution >= 4 is 17.6 Å². The molecule has 5 atom stereocenters. The molecular weight excluding hydrogens is 440 g/mol. The average molecular weight is 485 g/mol. The van der Waals surface area contributed by atoms with Crippen molar-refractivity contribution < 1.29 is 19.5 Å². The molecule has 0 bridgehead atoms. The molecule has 2 aliphatic carbocycles. The van der Waals surface area contributed by atoms with Gasteiger partial charge in [0.15, 0.2) is 0 Å². The van der Waals surface area contributed by atoms with Gasteiger partial charge in [-0.2, -0.15) is 0 Å². The number of carbonyl (C=O) groups is 3. The van der Waals surface area contributed by atoms with Crippen LogP contribution in [0.5, 0.6) is 0 Å². The lowest BCUT2D eigenvalue weighted by Gasteiger charge is -2.30. The molecule has 0 spiro atoms. The van der Waals surface area contributed by atoms with E-state index in [-0.39, 0.29) is 35.4 Å². The topological polar surface area (TPSA) is 95.5 Å². The lowest BCUT2D eigenvalue weighted by Crippen LogP contribution is -2.55. The Hall–Kier alpha value is -2.21. The van der Waals surface area contributed by atoms with Crippen LogP contribution in [-0.4, -0.2) is 40.9 Å². The van der Waals surface area contributed by atoms with Crippen LogP contribution < -0.4 is 10.6 Å². The Bertz CT molecular complexity index is 847. The van der Waals surface area contributed by atoms with Crippen LogP contribution in [0.15, 0.2) is 30.3 Å². The molecule has 6 heteroatoms. The first-order valence-electron chi connectivity index (χ1n) is 13.6. The van der Waals surface area contributed by atoms with E-state index in [2.05, 4.69) is 10.6 Å². The van der Waals surface area contributed by atoms with Gasteiger partial charge in [-0.15, -0.1) is 0 Å². The smallest absolute Gasteiger partial charge is 0.242 e. The molecule has 2 amide bonds. The third kappa shape index (κ3) is 7.63. The fourth-order valence-electron chi connectivity index (χ4n) is 5.57. The Morgan fingerprint density at radius 3 is 2.26 bits per heavy atom. The number of rotatable bonds is 12. The lowest BCUT2D eigenvalue weighted by molar-refractivity contribution is -0.131. The summed E-state index contributed by atoms with van der Waals surface area (Å²) in [5, 5.41) is 17.1. The monoisotopic (exact) mass is 484 g/mol. The van der Waals surface area contributed by atoms with Gasteiger partial charge in [0.25, 0.3) is 0 Å². The van der Waals surface area contributed by atoms with Crippen LogP contribution >= 0.6 is 0 Å². The largest absolute Gasteiger partial charge is 0.390 e. The highest BCUT2D eigenvalue weighted by atomic mass is 16.3. The van der Waals surface area contributed by atoms with E-state index in [1.54, 1.807) is 0 Å². The summed E-state index contributed by atoms with van der Waals surface area (Å²) < 4.78 is 0. The number of amides is 2. The molecular formula is C29H44N2O4. The van der Waals surface area contributed by atoms with Crippen molar-refractivity contribution in [3.8, 4) is 0 Å². The van der Waals surface area contributed by atoms with Gasteiger partial charge in [-0.1, -0.05) is 90.1 Å². The Balaban J connectivity index is 1.60. The normalized spacial score (nSPS) is 23.1. The maximum atomic E-state index is 13.3. The van der Waals surface area contributed by atoms with E-state index < -0.39 is 24.1 Å². The zero-order valence-corrected chi connectivity index (χ0v) is 21.8. The van der Waals surface area contributed by atoms with Crippen LogP contribution in [0, 0.1) is 23.7 Å². The number of hydrogen-bond donors (Lipinski definition) is 3. The highest BCUT2D eigenvalue weighted by Gasteiger charge is 2.56. The summed E-state index contributed by atoms with van der Waals surface area (Å²) in [7, 11) is 0. The summed E-state index contributed by atoms with van der Waals surface area (Å²) in [4.78, 5) is 38.6. The maximum absolute atomic E-state index is 13.3. The molecule has 6 nitrogen and oxygen atoms in total. The second kappa shape index (κ2) is 12.7. The highest BCUT2D eigenvalue weighted by molar-refractivity contribution is 6.05. The molecule has 0 aliphatic heterocycles. The Morgan fingerprint density at radius 2 is 1.66 bits per heavy atom. The third-order valence-corrected chi connectivity index (χ3v) is 7.67. The minimum absolute atomic E-state index is 0.0124. The number of aliphatic hydroxyl groups is 1. The minimum atomic E-state index is -0.974. The van der Waals surface area contributed by atoms with E-state index in [9.17, 15) is 19.5 Å². The van der Waals surface area contributed by atoms with Crippen LogP contribution in [0.25, 0.3) is 0 Å². The summed E-state index contributed by atoms with van der Waals surface area (Å²) in [5.41, 5.74) is 0.901. The molecule has 2 fully saturated rings. The minimum Gasteiger partial charge on any atom is -0.390 e. The number of Topliss-reactive ketones (excluding diaryl/α,β-unsaturated/α-hetero) is 1. The van der Waals surface area contributed by atoms with Gasteiger partial charge in [0.05, 0.1) is 24.0 Å². The van der Waals surface area contributed by atoms with Crippen LogP contribution in [-0.2, 0) is 14.4 Å². The summed E-state index contributed by atoms with van der Waals surface area (Å²) in [5.74, 6) is -0.431. The molecule has 1 aromatic carbocycles. The zero-order chi connectivity index (χ0) is 25.5. The predicted molar refractivity (Wildman–Crippen MR) is 138 cm³/mol. The van der Waals surface area contributed by atoms with Crippen molar-refractivity contribution in [1.29, 1.82) is 0 Å². The number of aliphatic hydroxyl groups excluding tert-OH is 1. The summed E-state index contributed by atoms with van der Waals surface area (Å²) in [6.45, 7) is 7.91. The van der Waals surface area contributed by atoms with Gasteiger partial charge >= 0.3 is 0 Å². The Morgan fingerprint density at radius 1 is 1.00 bits per heavy atom. The molecule has 35 heavy (non-hydrogen) atoms. The summed E-state index contributed by atoms with van der Waals surface area (Å²) >= 11 is 0. The van der Waals surface area contributed by atoms with Crippen molar-refractivity contribution in [2.24, 2.45) is 23.7 Å². The van der Waals surface area contributed by atoms with Crippen molar-refractivity contribution in [3.05, 3.63) is 35.9 Å². The third-order valence-electron chi connectivity index (χ3n) is 7.67. The molecule has 2 aliphatic rings. The summed E-state index contributed by atoms with van der Waals surface area (Å²) in [6, 6.07) is 8.26. The van der Waals surface area contributed by atoms with Gasteiger partial charge in [-0.05, 0) is 36.2 Å². The second-order valence-electron chi connectivity index (χ2n) is 11.4. The number of benzene rings is 1. The molecule has 0 heterocycles. The second-order valence-corrected chi connectivity index (χ2v) is 11.4. The average Bonchev–Trinajstić information content (AvgIpc) is 3.51. The molecule has 2 unspecified atom stereocenters. The Kier molecular flexibility index (Phi) is 9.90. The molecule has 2 saturated carbocycles. The lowest BCUT2D eigenvalue weighted by atomic mass is 9.86. The summed E-state index contributed by atoms with van der Waals surface area (Å²) in [6.07, 6.45) is 7.05. The van der Waals surface area contributed by atoms with E-state index in [1.165, 1.54) is 32.1 Å².